The standard InChI is InChI=1S/C13H18O3S/c1-3-4-5-6-7-14-13(2)8-11-9-17-10-12(11)15-16-13/h3,9-10H,1,4-8H2,2H3. The van der Waals surface area contributed by atoms with Gasteiger partial charge in [-0.25, -0.2) is 0 Å². The molecule has 0 radical (unpaired) electrons. The van der Waals surface area contributed by atoms with Crippen LogP contribution in [0.5, 0.6) is 5.75 Å². The van der Waals surface area contributed by atoms with E-state index in [2.05, 4.69) is 12.0 Å². The first-order valence-corrected chi connectivity index (χ1v) is 6.83. The van der Waals surface area contributed by atoms with E-state index in [1.165, 1.54) is 0 Å². The molecule has 0 N–H and O–H groups in total. The minimum atomic E-state index is -0.651. The maximum Gasteiger partial charge on any atom is 0.214 e. The van der Waals surface area contributed by atoms with Crippen molar-refractivity contribution in [3.8, 4) is 5.75 Å². The number of fused-ring (bicyclic) bond motifs is 1. The Labute approximate surface area is 106 Å². The van der Waals surface area contributed by atoms with E-state index in [0.29, 0.717) is 6.61 Å². The van der Waals surface area contributed by atoms with Crippen LogP contribution >= 0.6 is 11.3 Å². The first kappa shape index (κ1) is 12.6. The molecule has 0 spiro atoms. The number of hydrogen-bond donors (Lipinski definition) is 0. The van der Waals surface area contributed by atoms with Gasteiger partial charge < -0.3 is 9.62 Å². The third-order valence-electron chi connectivity index (χ3n) is 2.73. The Kier molecular flexibility index (Phi) is 4.20. The van der Waals surface area contributed by atoms with Crippen molar-refractivity contribution in [3.05, 3.63) is 29.0 Å². The second-order valence-electron chi connectivity index (χ2n) is 4.37. The van der Waals surface area contributed by atoms with Crippen LogP contribution in [0, 0.1) is 0 Å². The number of allylic oxidation sites excluding steroid dienone is 1. The average Bonchev–Trinajstić information content (AvgIpc) is 2.75. The fourth-order valence-corrected chi connectivity index (χ4v) is 2.52. The number of hydrogen-bond acceptors (Lipinski definition) is 4. The predicted molar refractivity (Wildman–Crippen MR) is 68.1 cm³/mol. The van der Waals surface area contributed by atoms with Gasteiger partial charge in [0.25, 0.3) is 0 Å². The van der Waals surface area contributed by atoms with Crippen molar-refractivity contribution in [1.29, 1.82) is 0 Å². The van der Waals surface area contributed by atoms with Crippen LogP contribution in [0.15, 0.2) is 23.4 Å². The molecule has 2 heterocycles. The highest BCUT2D eigenvalue weighted by molar-refractivity contribution is 7.08. The fourth-order valence-electron chi connectivity index (χ4n) is 1.78. The van der Waals surface area contributed by atoms with E-state index in [-0.39, 0.29) is 0 Å². The van der Waals surface area contributed by atoms with E-state index >= 15 is 0 Å². The zero-order chi connectivity index (χ0) is 12.1. The van der Waals surface area contributed by atoms with E-state index in [9.17, 15) is 0 Å². The maximum atomic E-state index is 5.77. The molecule has 0 bridgehead atoms. The molecule has 2 rings (SSSR count). The van der Waals surface area contributed by atoms with Gasteiger partial charge in [-0.2, -0.15) is 4.89 Å². The zero-order valence-corrected chi connectivity index (χ0v) is 10.9. The maximum absolute atomic E-state index is 5.77. The van der Waals surface area contributed by atoms with Crippen molar-refractivity contribution in [2.75, 3.05) is 6.61 Å². The molecule has 17 heavy (non-hydrogen) atoms. The Balaban J connectivity index is 1.79. The summed E-state index contributed by atoms with van der Waals surface area (Å²) in [5, 5.41) is 4.02. The van der Waals surface area contributed by atoms with Gasteiger partial charge in [0.2, 0.25) is 5.79 Å². The van der Waals surface area contributed by atoms with E-state index in [0.717, 1.165) is 37.0 Å². The first-order valence-electron chi connectivity index (χ1n) is 5.89. The summed E-state index contributed by atoms with van der Waals surface area (Å²) in [5.41, 5.74) is 1.16. The topological polar surface area (TPSA) is 27.7 Å². The molecule has 1 aliphatic heterocycles. The van der Waals surface area contributed by atoms with Crippen LogP contribution in [0.1, 0.15) is 31.7 Å². The van der Waals surface area contributed by atoms with Crippen molar-refractivity contribution in [1.82, 2.24) is 0 Å². The summed E-state index contributed by atoms with van der Waals surface area (Å²) in [6.45, 7) is 6.30. The summed E-state index contributed by atoms with van der Waals surface area (Å²) in [5.74, 6) is 0.171. The molecule has 0 aliphatic carbocycles. The van der Waals surface area contributed by atoms with Gasteiger partial charge in [-0.05, 0) is 31.6 Å². The molecule has 1 aromatic heterocycles. The average molecular weight is 254 g/mol. The molecule has 1 aromatic rings. The minimum Gasteiger partial charge on any atom is -0.346 e. The number of unbranched alkanes of at least 4 members (excludes halogenated alkanes) is 2. The molecule has 3 nitrogen and oxygen atoms in total. The summed E-state index contributed by atoms with van der Waals surface area (Å²) in [7, 11) is 0. The van der Waals surface area contributed by atoms with E-state index < -0.39 is 5.79 Å². The van der Waals surface area contributed by atoms with Gasteiger partial charge in [-0.3, -0.25) is 0 Å². The Morgan fingerprint density at radius 2 is 2.41 bits per heavy atom. The molecule has 4 heteroatoms. The summed E-state index contributed by atoms with van der Waals surface area (Å²) in [4.78, 5) is 10.5. The highest BCUT2D eigenvalue weighted by Crippen LogP contribution is 2.34. The van der Waals surface area contributed by atoms with Crippen molar-refractivity contribution in [2.24, 2.45) is 0 Å². The van der Waals surface area contributed by atoms with Crippen LogP contribution in [0.4, 0.5) is 0 Å². The quantitative estimate of drug-likeness (QED) is 0.440. The lowest BCUT2D eigenvalue weighted by Crippen LogP contribution is -2.39. The van der Waals surface area contributed by atoms with Crippen molar-refractivity contribution in [3.63, 3.8) is 0 Å². The normalized spacial score (nSPS) is 22.9. The molecular weight excluding hydrogens is 236 g/mol. The number of ether oxygens (including phenoxy) is 1. The van der Waals surface area contributed by atoms with Crippen LogP contribution in [0.2, 0.25) is 0 Å². The Hall–Kier alpha value is -0.840. The largest absolute Gasteiger partial charge is 0.346 e. The lowest BCUT2D eigenvalue weighted by molar-refractivity contribution is -0.382. The Morgan fingerprint density at radius 1 is 1.53 bits per heavy atom. The van der Waals surface area contributed by atoms with Crippen LogP contribution in [-0.4, -0.2) is 12.4 Å². The van der Waals surface area contributed by atoms with Crippen LogP contribution in [0.25, 0.3) is 0 Å². The predicted octanol–water partition coefficient (Wildman–Crippen LogP) is 3.70. The molecule has 0 aromatic carbocycles. The summed E-state index contributed by atoms with van der Waals surface area (Å²) in [6.07, 6.45) is 5.82. The Bertz CT molecular complexity index is 374. The molecule has 0 saturated carbocycles. The Morgan fingerprint density at radius 3 is 3.24 bits per heavy atom. The summed E-state index contributed by atoms with van der Waals surface area (Å²) in [6, 6.07) is 0. The third kappa shape index (κ3) is 3.31. The van der Waals surface area contributed by atoms with E-state index in [1.807, 2.05) is 18.4 Å². The molecule has 1 aliphatic rings. The van der Waals surface area contributed by atoms with Crippen molar-refractivity contribution >= 4 is 11.3 Å². The molecule has 0 fully saturated rings. The summed E-state index contributed by atoms with van der Waals surface area (Å²) >= 11 is 1.62. The van der Waals surface area contributed by atoms with Crippen LogP contribution < -0.4 is 4.89 Å². The van der Waals surface area contributed by atoms with Gasteiger partial charge in [0.15, 0.2) is 5.75 Å². The lowest BCUT2D eigenvalue weighted by Gasteiger charge is -2.31. The highest BCUT2D eigenvalue weighted by Gasteiger charge is 2.34. The first-order chi connectivity index (χ1) is 8.23. The van der Waals surface area contributed by atoms with Crippen LogP contribution in [0.3, 0.4) is 0 Å². The molecule has 1 unspecified atom stereocenters. The van der Waals surface area contributed by atoms with Crippen molar-refractivity contribution in [2.45, 2.75) is 38.4 Å². The van der Waals surface area contributed by atoms with E-state index in [4.69, 9.17) is 14.5 Å². The fraction of sp³-hybridized carbons (Fsp3) is 0.538. The SMILES string of the molecule is C=CCCCCOC1(C)Cc2cscc2OO1. The molecule has 94 valence electrons. The van der Waals surface area contributed by atoms with Gasteiger partial charge in [-0.15, -0.1) is 17.9 Å². The highest BCUT2D eigenvalue weighted by atomic mass is 32.1. The minimum absolute atomic E-state index is 0.651. The van der Waals surface area contributed by atoms with Gasteiger partial charge in [-0.1, -0.05) is 6.08 Å². The molecule has 0 saturated heterocycles. The number of thiophene rings is 1. The third-order valence-corrected chi connectivity index (χ3v) is 3.50. The second kappa shape index (κ2) is 5.67. The van der Waals surface area contributed by atoms with Gasteiger partial charge >= 0.3 is 0 Å². The number of rotatable bonds is 6. The molecule has 0 amide bonds. The second-order valence-corrected chi connectivity index (χ2v) is 5.12. The van der Waals surface area contributed by atoms with Crippen molar-refractivity contribution < 1.29 is 14.5 Å². The summed E-state index contributed by atoms with van der Waals surface area (Å²) < 4.78 is 5.77. The smallest absolute Gasteiger partial charge is 0.214 e. The monoisotopic (exact) mass is 254 g/mol. The van der Waals surface area contributed by atoms with Gasteiger partial charge in [0.1, 0.15) is 0 Å². The van der Waals surface area contributed by atoms with E-state index in [1.54, 1.807) is 11.3 Å². The molecular formula is C13H18O3S. The van der Waals surface area contributed by atoms with Crippen LogP contribution in [-0.2, 0) is 16.0 Å². The molecule has 1 atom stereocenters. The van der Waals surface area contributed by atoms with Gasteiger partial charge in [0, 0.05) is 17.4 Å². The lowest BCUT2D eigenvalue weighted by atomic mass is 10.1. The zero-order valence-electron chi connectivity index (χ0n) is 10.1. The van der Waals surface area contributed by atoms with Gasteiger partial charge in [0.05, 0.1) is 6.61 Å².